The first-order valence-corrected chi connectivity index (χ1v) is 7.81. The third-order valence-electron chi connectivity index (χ3n) is 5.25. The molecule has 0 aliphatic carbocycles. The molecule has 2 aliphatic rings. The SMILES string of the molecule is CN1C2CCC1CC(NC(=O)c1ccn3ccccc13)C2. The van der Waals surface area contributed by atoms with Crippen LogP contribution in [0.3, 0.4) is 0 Å². The average molecular weight is 283 g/mol. The van der Waals surface area contributed by atoms with Gasteiger partial charge in [0.15, 0.2) is 0 Å². The highest BCUT2D eigenvalue weighted by Gasteiger charge is 2.38. The van der Waals surface area contributed by atoms with Crippen LogP contribution in [0.5, 0.6) is 0 Å². The molecular weight excluding hydrogens is 262 g/mol. The van der Waals surface area contributed by atoms with E-state index < -0.39 is 0 Å². The van der Waals surface area contributed by atoms with E-state index in [4.69, 9.17) is 0 Å². The highest BCUT2D eigenvalue weighted by atomic mass is 16.1. The Labute approximate surface area is 124 Å². The van der Waals surface area contributed by atoms with E-state index in [0.717, 1.165) is 23.9 Å². The molecule has 110 valence electrons. The highest BCUT2D eigenvalue weighted by molar-refractivity contribution is 6.01. The predicted molar refractivity (Wildman–Crippen MR) is 82.5 cm³/mol. The van der Waals surface area contributed by atoms with Gasteiger partial charge >= 0.3 is 0 Å². The Balaban J connectivity index is 1.51. The van der Waals surface area contributed by atoms with Crippen molar-refractivity contribution in [2.24, 2.45) is 0 Å². The molecule has 2 saturated heterocycles. The maximum absolute atomic E-state index is 12.6. The van der Waals surface area contributed by atoms with Crippen LogP contribution in [0.4, 0.5) is 0 Å². The molecule has 4 heterocycles. The largest absolute Gasteiger partial charge is 0.349 e. The predicted octanol–water partition coefficient (Wildman–Crippen LogP) is 2.29. The van der Waals surface area contributed by atoms with Crippen molar-refractivity contribution in [1.82, 2.24) is 14.6 Å². The summed E-state index contributed by atoms with van der Waals surface area (Å²) in [6, 6.07) is 9.48. The number of nitrogens with zero attached hydrogens (tertiary/aromatic N) is 2. The van der Waals surface area contributed by atoms with Crippen LogP contribution < -0.4 is 5.32 Å². The lowest BCUT2D eigenvalue weighted by Crippen LogP contribution is -2.48. The number of rotatable bonds is 2. The summed E-state index contributed by atoms with van der Waals surface area (Å²) in [5.74, 6) is 0.0673. The summed E-state index contributed by atoms with van der Waals surface area (Å²) in [7, 11) is 2.22. The van der Waals surface area contributed by atoms with E-state index in [1.165, 1.54) is 12.8 Å². The number of hydrogen-bond donors (Lipinski definition) is 1. The van der Waals surface area contributed by atoms with Crippen LogP contribution in [0.15, 0.2) is 36.7 Å². The van der Waals surface area contributed by atoms with Gasteiger partial charge in [0.25, 0.3) is 5.91 Å². The van der Waals surface area contributed by atoms with Crippen LogP contribution >= 0.6 is 0 Å². The summed E-state index contributed by atoms with van der Waals surface area (Å²) in [5.41, 5.74) is 1.76. The van der Waals surface area contributed by atoms with Gasteiger partial charge in [-0.3, -0.25) is 4.79 Å². The third kappa shape index (κ3) is 2.14. The van der Waals surface area contributed by atoms with Gasteiger partial charge in [0.2, 0.25) is 0 Å². The van der Waals surface area contributed by atoms with Gasteiger partial charge in [0.05, 0.1) is 11.1 Å². The first-order chi connectivity index (χ1) is 10.2. The number of nitrogens with one attached hydrogen (secondary N) is 1. The highest BCUT2D eigenvalue weighted by Crippen LogP contribution is 2.34. The number of carbonyl (C=O) groups is 1. The Morgan fingerprint density at radius 3 is 2.67 bits per heavy atom. The Bertz CT molecular complexity index is 663. The van der Waals surface area contributed by atoms with Gasteiger partial charge in [-0.1, -0.05) is 6.07 Å². The molecule has 0 saturated carbocycles. The van der Waals surface area contributed by atoms with Gasteiger partial charge in [-0.2, -0.15) is 0 Å². The lowest BCUT2D eigenvalue weighted by Gasteiger charge is -2.36. The molecule has 21 heavy (non-hydrogen) atoms. The summed E-state index contributed by atoms with van der Waals surface area (Å²) in [4.78, 5) is 15.1. The van der Waals surface area contributed by atoms with E-state index in [-0.39, 0.29) is 5.91 Å². The molecule has 0 aromatic carbocycles. The van der Waals surface area contributed by atoms with E-state index in [1.54, 1.807) is 0 Å². The molecule has 4 heteroatoms. The fourth-order valence-corrected chi connectivity index (χ4v) is 4.04. The molecule has 2 aromatic heterocycles. The van der Waals surface area contributed by atoms with Crippen molar-refractivity contribution in [1.29, 1.82) is 0 Å². The molecule has 2 unspecified atom stereocenters. The normalized spacial score (nSPS) is 28.9. The second-order valence-corrected chi connectivity index (χ2v) is 6.41. The summed E-state index contributed by atoms with van der Waals surface area (Å²) in [6.07, 6.45) is 8.66. The molecule has 2 atom stereocenters. The van der Waals surface area contributed by atoms with Crippen molar-refractivity contribution in [2.45, 2.75) is 43.8 Å². The number of piperidine rings is 1. The summed E-state index contributed by atoms with van der Waals surface area (Å²) < 4.78 is 1.99. The Morgan fingerprint density at radius 2 is 1.90 bits per heavy atom. The molecule has 1 N–H and O–H groups in total. The Kier molecular flexibility index (Phi) is 3.00. The topological polar surface area (TPSA) is 36.8 Å². The number of pyridine rings is 1. The van der Waals surface area contributed by atoms with Crippen molar-refractivity contribution < 1.29 is 4.79 Å². The molecule has 4 nitrogen and oxygen atoms in total. The zero-order valence-corrected chi connectivity index (χ0v) is 12.3. The lowest BCUT2D eigenvalue weighted by atomic mass is 9.97. The first kappa shape index (κ1) is 12.9. The number of amides is 1. The zero-order valence-electron chi connectivity index (χ0n) is 12.3. The summed E-state index contributed by atoms with van der Waals surface area (Å²) >= 11 is 0. The monoisotopic (exact) mass is 283 g/mol. The molecule has 1 amide bonds. The van der Waals surface area contributed by atoms with E-state index in [2.05, 4.69) is 17.3 Å². The van der Waals surface area contributed by atoms with Gasteiger partial charge in [0, 0.05) is 30.5 Å². The standard InChI is InChI=1S/C17H21N3O/c1-19-13-5-6-14(19)11-12(10-13)18-17(21)15-7-9-20-8-3-2-4-16(15)20/h2-4,7-9,12-14H,5-6,10-11H2,1H3,(H,18,21). The second kappa shape index (κ2) is 4.88. The van der Waals surface area contributed by atoms with Crippen LogP contribution in [0, 0.1) is 0 Å². The van der Waals surface area contributed by atoms with Crippen molar-refractivity contribution in [3.8, 4) is 0 Å². The molecule has 2 fully saturated rings. The van der Waals surface area contributed by atoms with Crippen molar-refractivity contribution in [2.75, 3.05) is 7.05 Å². The summed E-state index contributed by atoms with van der Waals surface area (Å²) in [5, 5.41) is 3.26. The number of carbonyl (C=O) groups excluding carboxylic acids is 1. The van der Waals surface area contributed by atoms with Crippen LogP contribution in [-0.2, 0) is 0 Å². The Morgan fingerprint density at radius 1 is 1.14 bits per heavy atom. The van der Waals surface area contributed by atoms with E-state index in [0.29, 0.717) is 18.1 Å². The molecule has 0 radical (unpaired) electrons. The van der Waals surface area contributed by atoms with E-state index in [1.807, 2.05) is 41.1 Å². The van der Waals surface area contributed by atoms with Gasteiger partial charge < -0.3 is 14.6 Å². The van der Waals surface area contributed by atoms with Crippen molar-refractivity contribution in [3.05, 3.63) is 42.2 Å². The lowest BCUT2D eigenvalue weighted by molar-refractivity contribution is 0.0884. The van der Waals surface area contributed by atoms with Crippen LogP contribution in [-0.4, -0.2) is 40.4 Å². The van der Waals surface area contributed by atoms with Crippen LogP contribution in [0.25, 0.3) is 5.52 Å². The molecule has 4 rings (SSSR count). The van der Waals surface area contributed by atoms with Crippen LogP contribution in [0.2, 0.25) is 0 Å². The fourth-order valence-electron chi connectivity index (χ4n) is 4.04. The fraction of sp³-hybridized carbons (Fsp3) is 0.471. The van der Waals surface area contributed by atoms with Gasteiger partial charge in [0.1, 0.15) is 0 Å². The van der Waals surface area contributed by atoms with Crippen molar-refractivity contribution >= 4 is 11.4 Å². The van der Waals surface area contributed by atoms with Crippen molar-refractivity contribution in [3.63, 3.8) is 0 Å². The number of fused-ring (bicyclic) bond motifs is 3. The van der Waals surface area contributed by atoms with E-state index >= 15 is 0 Å². The maximum Gasteiger partial charge on any atom is 0.253 e. The van der Waals surface area contributed by atoms with E-state index in [9.17, 15) is 4.79 Å². The molecule has 0 spiro atoms. The summed E-state index contributed by atoms with van der Waals surface area (Å²) in [6.45, 7) is 0. The van der Waals surface area contributed by atoms with Gasteiger partial charge in [-0.05, 0) is 50.9 Å². The second-order valence-electron chi connectivity index (χ2n) is 6.41. The average Bonchev–Trinajstić information content (AvgIpc) is 2.98. The molecular formula is C17H21N3O. The molecule has 2 aliphatic heterocycles. The van der Waals surface area contributed by atoms with Gasteiger partial charge in [-0.15, -0.1) is 0 Å². The smallest absolute Gasteiger partial charge is 0.253 e. The quantitative estimate of drug-likeness (QED) is 0.918. The minimum atomic E-state index is 0.0673. The number of aromatic nitrogens is 1. The maximum atomic E-state index is 12.6. The Hall–Kier alpha value is -1.81. The van der Waals surface area contributed by atoms with Gasteiger partial charge in [-0.25, -0.2) is 0 Å². The minimum Gasteiger partial charge on any atom is -0.349 e. The minimum absolute atomic E-state index is 0.0673. The zero-order chi connectivity index (χ0) is 14.4. The molecule has 2 aromatic rings. The first-order valence-electron chi connectivity index (χ1n) is 7.81. The van der Waals surface area contributed by atoms with Crippen LogP contribution in [0.1, 0.15) is 36.0 Å². The number of hydrogen-bond acceptors (Lipinski definition) is 2. The third-order valence-corrected chi connectivity index (χ3v) is 5.25. The molecule has 2 bridgehead atoms.